The zero-order chi connectivity index (χ0) is 22.5. The summed E-state index contributed by atoms with van der Waals surface area (Å²) in [5, 5.41) is 8.50. The van der Waals surface area contributed by atoms with Gasteiger partial charge in [-0.25, -0.2) is 5.01 Å². The van der Waals surface area contributed by atoms with Gasteiger partial charge in [0.15, 0.2) is 5.17 Å². The first kappa shape index (κ1) is 23.0. The Hall–Kier alpha value is -2.71. The van der Waals surface area contributed by atoms with E-state index in [0.29, 0.717) is 34.7 Å². The van der Waals surface area contributed by atoms with Crippen molar-refractivity contribution >= 4 is 40.3 Å². The lowest BCUT2D eigenvalue weighted by atomic mass is 10.1. The summed E-state index contributed by atoms with van der Waals surface area (Å²) in [6.07, 6.45) is 0. The van der Waals surface area contributed by atoms with Crippen molar-refractivity contribution in [2.45, 2.75) is 33.1 Å². The predicted octanol–water partition coefficient (Wildman–Crippen LogP) is 4.42. The Morgan fingerprint density at radius 3 is 2.45 bits per heavy atom. The molecular weight excluding hydrogens is 438 g/mol. The van der Waals surface area contributed by atoms with Gasteiger partial charge in [-0.2, -0.15) is 0 Å². The summed E-state index contributed by atoms with van der Waals surface area (Å²) >= 11 is 7.46. The second-order valence-electron chi connectivity index (χ2n) is 7.02. The van der Waals surface area contributed by atoms with E-state index in [4.69, 9.17) is 21.1 Å². The molecule has 164 valence electrons. The van der Waals surface area contributed by atoms with Crippen molar-refractivity contribution in [1.29, 1.82) is 0 Å². The van der Waals surface area contributed by atoms with Gasteiger partial charge in [-0.15, -0.1) is 5.10 Å². The molecule has 1 unspecified atom stereocenters. The van der Waals surface area contributed by atoms with E-state index in [1.54, 1.807) is 18.2 Å². The van der Waals surface area contributed by atoms with Crippen LogP contribution in [0.15, 0.2) is 41.5 Å². The van der Waals surface area contributed by atoms with Crippen molar-refractivity contribution in [2.75, 3.05) is 13.2 Å². The summed E-state index contributed by atoms with van der Waals surface area (Å²) < 4.78 is 11.9. The highest BCUT2D eigenvalue weighted by molar-refractivity contribution is 8.14. The van der Waals surface area contributed by atoms with E-state index in [0.717, 1.165) is 16.9 Å². The molecule has 0 radical (unpaired) electrons. The van der Waals surface area contributed by atoms with E-state index >= 15 is 0 Å². The molecule has 0 fully saturated rings. The first-order valence-corrected chi connectivity index (χ1v) is 11.0. The quantitative estimate of drug-likeness (QED) is 0.644. The molecule has 0 spiro atoms. The molecule has 7 nitrogen and oxygen atoms in total. The molecule has 9 heteroatoms. The van der Waals surface area contributed by atoms with Crippen LogP contribution in [0, 0.1) is 13.8 Å². The Labute approximate surface area is 190 Å². The van der Waals surface area contributed by atoms with Gasteiger partial charge >= 0.3 is 0 Å². The van der Waals surface area contributed by atoms with E-state index in [2.05, 4.69) is 10.4 Å². The third-order valence-corrected chi connectivity index (χ3v) is 5.80. The Morgan fingerprint density at radius 1 is 1.13 bits per heavy atom. The van der Waals surface area contributed by atoms with Gasteiger partial charge in [0, 0.05) is 24.4 Å². The number of halogens is 1. The second-order valence-corrected chi connectivity index (χ2v) is 8.53. The smallest absolute Gasteiger partial charge is 0.241 e. The molecule has 2 aromatic carbocycles. The Balaban J connectivity index is 1.73. The van der Waals surface area contributed by atoms with Crippen molar-refractivity contribution < 1.29 is 19.1 Å². The number of carbonyl (C=O) groups excluding carboxylic acids is 2. The van der Waals surface area contributed by atoms with E-state index in [9.17, 15) is 9.59 Å². The van der Waals surface area contributed by atoms with Crippen molar-refractivity contribution in [3.05, 3.63) is 58.1 Å². The maximum atomic E-state index is 12.1. The number of carbonyl (C=O) groups is 2. The van der Waals surface area contributed by atoms with Crippen LogP contribution in [0.3, 0.4) is 0 Å². The van der Waals surface area contributed by atoms with Gasteiger partial charge in [0.1, 0.15) is 30.1 Å². The topological polar surface area (TPSA) is 80.2 Å². The molecule has 2 amide bonds. The molecule has 1 aliphatic rings. The SMILES string of the molecule is CC(=O)NC1=NN(C(C)=O)C(c2cc(Cl)ccc2OCCOc2c(C)cccc2C)S1. The number of hydrogen-bond acceptors (Lipinski definition) is 6. The number of amides is 2. The summed E-state index contributed by atoms with van der Waals surface area (Å²) in [5.41, 5.74) is 2.81. The van der Waals surface area contributed by atoms with Gasteiger partial charge in [-0.05, 0) is 43.2 Å². The number of nitrogens with zero attached hydrogens (tertiary/aromatic N) is 2. The van der Waals surface area contributed by atoms with Gasteiger partial charge in [-0.3, -0.25) is 9.59 Å². The van der Waals surface area contributed by atoms with E-state index < -0.39 is 5.37 Å². The van der Waals surface area contributed by atoms with Crippen molar-refractivity contribution in [3.63, 3.8) is 0 Å². The Kier molecular flexibility index (Phi) is 7.46. The van der Waals surface area contributed by atoms with Crippen LogP contribution in [0.1, 0.15) is 35.9 Å². The van der Waals surface area contributed by atoms with E-state index in [-0.39, 0.29) is 11.8 Å². The van der Waals surface area contributed by atoms with Gasteiger partial charge in [0.25, 0.3) is 0 Å². The number of aryl methyl sites for hydroxylation is 2. The maximum absolute atomic E-state index is 12.1. The minimum absolute atomic E-state index is 0.262. The van der Waals surface area contributed by atoms with Crippen LogP contribution in [0.5, 0.6) is 11.5 Å². The zero-order valence-electron chi connectivity index (χ0n) is 17.8. The van der Waals surface area contributed by atoms with Gasteiger partial charge in [0.2, 0.25) is 11.8 Å². The number of benzene rings is 2. The minimum Gasteiger partial charge on any atom is -0.490 e. The number of amidine groups is 1. The molecule has 1 atom stereocenters. The third kappa shape index (κ3) is 5.71. The fourth-order valence-corrected chi connectivity index (χ4v) is 4.47. The number of nitrogens with one attached hydrogen (secondary N) is 1. The normalized spacial score (nSPS) is 15.5. The molecular formula is C22H24ClN3O4S. The minimum atomic E-state index is -0.507. The monoisotopic (exact) mass is 461 g/mol. The summed E-state index contributed by atoms with van der Waals surface area (Å²) in [5.74, 6) is 0.895. The molecule has 1 aliphatic heterocycles. The standard InChI is InChI=1S/C22H24ClN3O4S/c1-13-6-5-7-14(2)20(13)30-11-10-29-19-9-8-17(23)12-18(19)21-26(16(4)28)25-22(31-21)24-15(3)27/h5-9,12,21H,10-11H2,1-4H3,(H,24,25,27). The first-order chi connectivity index (χ1) is 14.8. The fraction of sp³-hybridized carbons (Fsp3) is 0.318. The number of hydrogen-bond donors (Lipinski definition) is 1. The van der Waals surface area contributed by atoms with Gasteiger partial charge in [0.05, 0.1) is 0 Å². The molecule has 1 N–H and O–H groups in total. The molecule has 2 aromatic rings. The van der Waals surface area contributed by atoms with E-state index in [1.165, 1.54) is 30.6 Å². The van der Waals surface area contributed by atoms with Crippen LogP contribution >= 0.6 is 23.4 Å². The zero-order valence-corrected chi connectivity index (χ0v) is 19.3. The Bertz CT molecular complexity index is 1010. The maximum Gasteiger partial charge on any atom is 0.241 e. The number of hydrazone groups is 1. The summed E-state index contributed by atoms with van der Waals surface area (Å²) in [6, 6.07) is 11.2. The number of rotatable bonds is 6. The number of ether oxygens (including phenoxy) is 2. The van der Waals surface area contributed by atoms with Gasteiger partial charge in [-0.1, -0.05) is 41.6 Å². The summed E-state index contributed by atoms with van der Waals surface area (Å²) in [4.78, 5) is 23.5. The third-order valence-electron chi connectivity index (χ3n) is 4.48. The number of thioether (sulfide) groups is 1. The first-order valence-electron chi connectivity index (χ1n) is 9.70. The lowest BCUT2D eigenvalue weighted by molar-refractivity contribution is -0.129. The average Bonchev–Trinajstić information content (AvgIpc) is 3.11. The molecule has 0 aromatic heterocycles. The Morgan fingerprint density at radius 2 is 1.81 bits per heavy atom. The molecule has 0 saturated carbocycles. The van der Waals surface area contributed by atoms with E-state index in [1.807, 2.05) is 32.0 Å². The summed E-state index contributed by atoms with van der Waals surface area (Å²) in [6.45, 7) is 7.46. The molecule has 3 rings (SSSR count). The molecule has 0 saturated heterocycles. The van der Waals surface area contributed by atoms with Crippen LogP contribution in [-0.2, 0) is 9.59 Å². The van der Waals surface area contributed by atoms with Crippen molar-refractivity contribution in [2.24, 2.45) is 5.10 Å². The van der Waals surface area contributed by atoms with Crippen molar-refractivity contribution in [3.8, 4) is 11.5 Å². The highest BCUT2D eigenvalue weighted by Gasteiger charge is 2.34. The summed E-state index contributed by atoms with van der Waals surface area (Å²) in [7, 11) is 0. The van der Waals surface area contributed by atoms with Gasteiger partial charge < -0.3 is 14.8 Å². The lowest BCUT2D eigenvalue weighted by Gasteiger charge is -2.22. The van der Waals surface area contributed by atoms with Crippen LogP contribution in [-0.4, -0.2) is 35.2 Å². The van der Waals surface area contributed by atoms with Crippen LogP contribution in [0.25, 0.3) is 0 Å². The predicted molar refractivity (Wildman–Crippen MR) is 122 cm³/mol. The van der Waals surface area contributed by atoms with Crippen LogP contribution in [0.2, 0.25) is 5.02 Å². The highest BCUT2D eigenvalue weighted by atomic mass is 35.5. The average molecular weight is 462 g/mol. The molecule has 31 heavy (non-hydrogen) atoms. The highest BCUT2D eigenvalue weighted by Crippen LogP contribution is 2.43. The van der Waals surface area contributed by atoms with Crippen LogP contribution in [0.4, 0.5) is 0 Å². The number of para-hydroxylation sites is 1. The van der Waals surface area contributed by atoms with Crippen LogP contribution < -0.4 is 14.8 Å². The fourth-order valence-electron chi connectivity index (χ4n) is 3.13. The largest absolute Gasteiger partial charge is 0.490 e. The van der Waals surface area contributed by atoms with Crippen molar-refractivity contribution in [1.82, 2.24) is 10.3 Å². The molecule has 0 aliphatic carbocycles. The molecule has 1 heterocycles. The molecule has 0 bridgehead atoms. The lowest BCUT2D eigenvalue weighted by Crippen LogP contribution is -2.25. The second kappa shape index (κ2) is 10.1.